The lowest BCUT2D eigenvalue weighted by molar-refractivity contribution is 0.669. The van der Waals surface area contributed by atoms with E-state index in [0.29, 0.717) is 17.5 Å². The first kappa shape index (κ1) is 37.6. The molecule has 0 spiro atoms. The number of fused-ring (bicyclic) bond motifs is 6. The van der Waals surface area contributed by atoms with Crippen molar-refractivity contribution in [3.8, 4) is 78.7 Å². The monoisotopic (exact) mass is 842 g/mol. The predicted molar refractivity (Wildman–Crippen MR) is 271 cm³/mol. The molecule has 13 rings (SSSR count). The fourth-order valence-electron chi connectivity index (χ4n) is 9.73. The third-order valence-corrected chi connectivity index (χ3v) is 12.9. The van der Waals surface area contributed by atoms with Gasteiger partial charge >= 0.3 is 0 Å². The molecule has 5 heteroatoms. The van der Waals surface area contributed by atoms with Gasteiger partial charge in [-0.1, -0.05) is 170 Å². The van der Waals surface area contributed by atoms with Crippen LogP contribution in [-0.2, 0) is 0 Å². The van der Waals surface area contributed by atoms with Gasteiger partial charge in [-0.05, 0) is 104 Å². The van der Waals surface area contributed by atoms with Gasteiger partial charge in [-0.15, -0.1) is 0 Å². The van der Waals surface area contributed by atoms with Crippen LogP contribution in [0.1, 0.15) is 0 Å². The van der Waals surface area contributed by atoms with Crippen LogP contribution in [0.3, 0.4) is 0 Å². The summed E-state index contributed by atoms with van der Waals surface area (Å²) in [5.74, 6) is 1.90. The van der Waals surface area contributed by atoms with Crippen molar-refractivity contribution in [2.24, 2.45) is 0 Å². The van der Waals surface area contributed by atoms with Crippen molar-refractivity contribution in [2.75, 3.05) is 4.90 Å². The number of nitrogens with zero attached hydrogens (tertiary/aromatic N) is 4. The van der Waals surface area contributed by atoms with Crippen LogP contribution in [0.2, 0.25) is 0 Å². The summed E-state index contributed by atoms with van der Waals surface area (Å²) in [5, 5.41) is 4.67. The van der Waals surface area contributed by atoms with Crippen molar-refractivity contribution >= 4 is 49.8 Å². The number of para-hydroxylation sites is 1. The molecular weight excluding hydrogens is 805 g/mol. The fraction of sp³-hybridized carbons (Fsp3) is 0. The molecule has 0 atom stereocenters. The van der Waals surface area contributed by atoms with Crippen molar-refractivity contribution < 1.29 is 4.42 Å². The minimum absolute atomic E-state index is 0.633. The van der Waals surface area contributed by atoms with Crippen molar-refractivity contribution in [3.63, 3.8) is 0 Å². The highest BCUT2D eigenvalue weighted by molar-refractivity contribution is 6.18. The van der Waals surface area contributed by atoms with Gasteiger partial charge < -0.3 is 9.32 Å². The van der Waals surface area contributed by atoms with Gasteiger partial charge in [0.05, 0.1) is 0 Å². The second kappa shape index (κ2) is 15.4. The summed E-state index contributed by atoms with van der Waals surface area (Å²) in [7, 11) is 0. The zero-order chi connectivity index (χ0) is 43.6. The molecule has 2 heterocycles. The average Bonchev–Trinajstić information content (AvgIpc) is 3.93. The lowest BCUT2D eigenvalue weighted by Gasteiger charge is -2.26. The first-order valence-electron chi connectivity index (χ1n) is 22.3. The summed E-state index contributed by atoms with van der Waals surface area (Å²) in [5.41, 5.74) is 16.8. The molecule has 2 aromatic heterocycles. The van der Waals surface area contributed by atoms with E-state index in [0.717, 1.165) is 77.9 Å². The van der Waals surface area contributed by atoms with E-state index in [1.807, 2.05) is 48.5 Å². The second-order valence-corrected chi connectivity index (χ2v) is 16.8. The third kappa shape index (κ3) is 6.36. The van der Waals surface area contributed by atoms with Crippen LogP contribution < -0.4 is 4.90 Å². The maximum absolute atomic E-state index is 6.42. The first-order chi connectivity index (χ1) is 32.7. The zero-order valence-corrected chi connectivity index (χ0v) is 35.6. The Morgan fingerprint density at radius 3 is 1.45 bits per heavy atom. The Balaban J connectivity index is 0.973. The van der Waals surface area contributed by atoms with Gasteiger partial charge in [0.2, 0.25) is 0 Å². The molecule has 10 aromatic carbocycles. The Bertz CT molecular complexity index is 3730. The molecule has 0 N–H and O–H groups in total. The number of anilines is 3. The third-order valence-electron chi connectivity index (χ3n) is 12.9. The Morgan fingerprint density at radius 1 is 0.303 bits per heavy atom. The highest BCUT2D eigenvalue weighted by Gasteiger charge is 2.28. The number of rotatable bonds is 8. The van der Waals surface area contributed by atoms with Crippen molar-refractivity contribution in [1.82, 2.24) is 15.0 Å². The molecule has 0 unspecified atom stereocenters. The Kier molecular flexibility index (Phi) is 8.78. The molecule has 1 aliphatic carbocycles. The van der Waals surface area contributed by atoms with E-state index in [1.165, 1.54) is 33.0 Å². The largest absolute Gasteiger partial charge is 0.456 e. The van der Waals surface area contributed by atoms with Gasteiger partial charge in [-0.2, -0.15) is 0 Å². The maximum atomic E-state index is 6.42. The van der Waals surface area contributed by atoms with Crippen LogP contribution in [0, 0.1) is 0 Å². The average molecular weight is 843 g/mol. The van der Waals surface area contributed by atoms with Gasteiger partial charge in [0, 0.05) is 56.2 Å². The molecule has 0 saturated heterocycles. The number of furan rings is 1. The molecule has 0 aliphatic heterocycles. The van der Waals surface area contributed by atoms with Crippen LogP contribution in [0.25, 0.3) is 111 Å². The number of benzene rings is 10. The molecular formula is C61H38N4O. The van der Waals surface area contributed by atoms with Gasteiger partial charge in [-0.25, -0.2) is 15.0 Å². The smallest absolute Gasteiger partial charge is 0.164 e. The zero-order valence-electron chi connectivity index (χ0n) is 35.6. The van der Waals surface area contributed by atoms with Crippen molar-refractivity contribution in [2.45, 2.75) is 0 Å². The maximum Gasteiger partial charge on any atom is 0.164 e. The summed E-state index contributed by atoms with van der Waals surface area (Å²) in [6.45, 7) is 0. The van der Waals surface area contributed by atoms with Gasteiger partial charge in [0.1, 0.15) is 11.2 Å². The molecule has 5 nitrogen and oxygen atoms in total. The van der Waals surface area contributed by atoms with Crippen LogP contribution in [0.4, 0.5) is 17.1 Å². The van der Waals surface area contributed by atoms with E-state index in [1.54, 1.807) is 0 Å². The molecule has 1 aliphatic rings. The van der Waals surface area contributed by atoms with E-state index in [9.17, 15) is 0 Å². The Hall–Kier alpha value is -8.93. The standard InChI is InChI=1S/C61H38N4O/c1-4-14-39(15-5-1)40-26-30-46(31-27-40)65(48-34-35-50-49-22-10-11-25-55(49)66-56(50)38-48)47-32-28-41(29-33-47)45-36-53-51-23-12-20-42-21-13-24-52(57(42)51)58(53)54(37-45)61-63-59(43-16-6-2-7-17-43)62-60(64-61)44-18-8-3-9-19-44/h1-38H. The van der Waals surface area contributed by atoms with Crippen LogP contribution in [0.15, 0.2) is 235 Å². The van der Waals surface area contributed by atoms with Crippen molar-refractivity contribution in [1.29, 1.82) is 0 Å². The molecule has 0 radical (unpaired) electrons. The number of hydrogen-bond acceptors (Lipinski definition) is 5. The molecule has 12 aromatic rings. The van der Waals surface area contributed by atoms with E-state index in [4.69, 9.17) is 19.4 Å². The molecule has 308 valence electrons. The van der Waals surface area contributed by atoms with Crippen LogP contribution >= 0.6 is 0 Å². The lowest BCUT2D eigenvalue weighted by Crippen LogP contribution is -2.09. The lowest BCUT2D eigenvalue weighted by atomic mass is 9.92. The summed E-state index contributed by atoms with van der Waals surface area (Å²) in [4.78, 5) is 17.9. The Labute approximate surface area is 381 Å². The second-order valence-electron chi connectivity index (χ2n) is 16.8. The quantitative estimate of drug-likeness (QED) is 0.153. The predicted octanol–water partition coefficient (Wildman–Crippen LogP) is 16.4. The molecule has 0 amide bonds. The van der Waals surface area contributed by atoms with Gasteiger partial charge in [0.25, 0.3) is 0 Å². The van der Waals surface area contributed by atoms with E-state index < -0.39 is 0 Å². The minimum Gasteiger partial charge on any atom is -0.456 e. The summed E-state index contributed by atoms with van der Waals surface area (Å²) in [6, 6.07) is 81.1. The van der Waals surface area contributed by atoms with Crippen molar-refractivity contribution in [3.05, 3.63) is 231 Å². The van der Waals surface area contributed by atoms with Crippen LogP contribution in [-0.4, -0.2) is 15.0 Å². The number of aromatic nitrogens is 3. The van der Waals surface area contributed by atoms with Crippen LogP contribution in [0.5, 0.6) is 0 Å². The SMILES string of the molecule is c1ccc(-c2ccc(N(c3ccc(-c4cc(-c5nc(-c6ccccc6)nc(-c6ccccc6)n5)c5c(c4)-c4cccc6cccc-5c46)cc3)c3ccc4c(c3)oc3ccccc34)cc2)cc1. The molecule has 0 bridgehead atoms. The molecule has 0 fully saturated rings. The highest BCUT2D eigenvalue weighted by atomic mass is 16.3. The van der Waals surface area contributed by atoms with Gasteiger partial charge in [0.15, 0.2) is 17.5 Å². The Morgan fingerprint density at radius 2 is 0.803 bits per heavy atom. The molecule has 66 heavy (non-hydrogen) atoms. The minimum atomic E-state index is 0.633. The molecule has 0 saturated carbocycles. The van der Waals surface area contributed by atoms with E-state index in [-0.39, 0.29) is 0 Å². The first-order valence-corrected chi connectivity index (χ1v) is 22.3. The number of hydrogen-bond donors (Lipinski definition) is 0. The summed E-state index contributed by atoms with van der Waals surface area (Å²) in [6.07, 6.45) is 0. The van der Waals surface area contributed by atoms with E-state index in [2.05, 4.69) is 187 Å². The van der Waals surface area contributed by atoms with E-state index >= 15 is 0 Å². The highest BCUT2D eigenvalue weighted by Crippen LogP contribution is 2.52. The summed E-state index contributed by atoms with van der Waals surface area (Å²) < 4.78 is 6.42. The topological polar surface area (TPSA) is 55.1 Å². The summed E-state index contributed by atoms with van der Waals surface area (Å²) >= 11 is 0. The fourth-order valence-corrected chi connectivity index (χ4v) is 9.73. The van der Waals surface area contributed by atoms with Gasteiger partial charge in [-0.3, -0.25) is 0 Å². The normalized spacial score (nSPS) is 11.6.